The quantitative estimate of drug-likeness (QED) is 0.836. The molecule has 1 aromatic heterocycles. The Morgan fingerprint density at radius 3 is 3.07 bits per heavy atom. The number of benzene rings is 1. The van der Waals surface area contributed by atoms with Crippen LogP contribution in [0.25, 0.3) is 11.5 Å². The fraction of sp³-hybridized carbons (Fsp3) is 0.182. The zero-order valence-corrected chi connectivity index (χ0v) is 8.33. The van der Waals surface area contributed by atoms with Gasteiger partial charge in [0.2, 0.25) is 5.89 Å². The minimum atomic E-state index is -0.291. The summed E-state index contributed by atoms with van der Waals surface area (Å²) in [6, 6.07) is 6.18. The number of oxazole rings is 1. The molecule has 0 aliphatic carbocycles. The molecular weight excluding hydrogens is 195 g/mol. The van der Waals surface area contributed by atoms with Gasteiger partial charge in [0.1, 0.15) is 11.6 Å². The van der Waals surface area contributed by atoms with Crippen LogP contribution in [0.1, 0.15) is 5.76 Å². The maximum atomic E-state index is 12.9. The molecule has 0 amide bonds. The molecule has 4 heteroatoms. The van der Waals surface area contributed by atoms with Crippen molar-refractivity contribution in [1.82, 2.24) is 10.3 Å². The topological polar surface area (TPSA) is 38.1 Å². The van der Waals surface area contributed by atoms with Crippen LogP contribution < -0.4 is 5.32 Å². The Bertz CT molecular complexity index is 453. The fourth-order valence-electron chi connectivity index (χ4n) is 1.32. The van der Waals surface area contributed by atoms with Crippen LogP contribution in [-0.2, 0) is 6.54 Å². The largest absolute Gasteiger partial charge is 0.440 e. The number of rotatable bonds is 3. The van der Waals surface area contributed by atoms with Crippen molar-refractivity contribution in [2.45, 2.75) is 6.54 Å². The van der Waals surface area contributed by atoms with Crippen LogP contribution in [0.15, 0.2) is 34.9 Å². The highest BCUT2D eigenvalue weighted by atomic mass is 19.1. The molecule has 0 saturated carbocycles. The second-order valence-corrected chi connectivity index (χ2v) is 3.17. The van der Waals surface area contributed by atoms with E-state index in [2.05, 4.69) is 10.3 Å². The van der Waals surface area contributed by atoms with Crippen molar-refractivity contribution < 1.29 is 8.81 Å². The van der Waals surface area contributed by atoms with Gasteiger partial charge in [0.05, 0.1) is 12.7 Å². The van der Waals surface area contributed by atoms with Gasteiger partial charge in [-0.15, -0.1) is 0 Å². The third-order valence-corrected chi connectivity index (χ3v) is 1.98. The Kier molecular flexibility index (Phi) is 2.78. The minimum absolute atomic E-state index is 0.291. The van der Waals surface area contributed by atoms with Crippen molar-refractivity contribution >= 4 is 0 Å². The van der Waals surface area contributed by atoms with Crippen LogP contribution in [-0.4, -0.2) is 12.0 Å². The first kappa shape index (κ1) is 9.86. The molecule has 0 fully saturated rings. The molecule has 15 heavy (non-hydrogen) atoms. The van der Waals surface area contributed by atoms with E-state index in [-0.39, 0.29) is 5.82 Å². The van der Waals surface area contributed by atoms with Gasteiger partial charge in [-0.25, -0.2) is 9.37 Å². The number of halogens is 1. The summed E-state index contributed by atoms with van der Waals surface area (Å²) >= 11 is 0. The summed E-state index contributed by atoms with van der Waals surface area (Å²) in [4.78, 5) is 4.07. The molecule has 1 aromatic carbocycles. The van der Waals surface area contributed by atoms with Gasteiger partial charge in [0, 0.05) is 5.56 Å². The number of nitrogens with zero attached hydrogens (tertiary/aromatic N) is 1. The monoisotopic (exact) mass is 206 g/mol. The lowest BCUT2D eigenvalue weighted by Gasteiger charge is -1.95. The smallest absolute Gasteiger partial charge is 0.226 e. The molecule has 78 valence electrons. The summed E-state index contributed by atoms with van der Waals surface area (Å²) in [5, 5.41) is 2.95. The molecule has 3 nitrogen and oxygen atoms in total. The van der Waals surface area contributed by atoms with E-state index in [1.165, 1.54) is 12.1 Å². The third-order valence-electron chi connectivity index (χ3n) is 1.98. The third kappa shape index (κ3) is 2.22. The van der Waals surface area contributed by atoms with Crippen molar-refractivity contribution in [2.75, 3.05) is 7.05 Å². The van der Waals surface area contributed by atoms with Crippen LogP contribution in [0.4, 0.5) is 4.39 Å². The molecule has 0 radical (unpaired) electrons. The van der Waals surface area contributed by atoms with Gasteiger partial charge in [-0.3, -0.25) is 0 Å². The van der Waals surface area contributed by atoms with Gasteiger partial charge in [-0.2, -0.15) is 0 Å². The van der Waals surface area contributed by atoms with Crippen LogP contribution in [0, 0.1) is 5.82 Å². The van der Waals surface area contributed by atoms with Gasteiger partial charge in [-0.05, 0) is 25.2 Å². The normalized spacial score (nSPS) is 10.5. The van der Waals surface area contributed by atoms with Crippen molar-refractivity contribution in [2.24, 2.45) is 0 Å². The second kappa shape index (κ2) is 4.23. The first-order chi connectivity index (χ1) is 7.29. The van der Waals surface area contributed by atoms with E-state index in [0.29, 0.717) is 18.0 Å². The molecule has 0 aliphatic rings. The Balaban J connectivity index is 2.29. The molecule has 2 aromatic rings. The van der Waals surface area contributed by atoms with E-state index in [9.17, 15) is 4.39 Å². The molecule has 0 spiro atoms. The lowest BCUT2D eigenvalue weighted by Crippen LogP contribution is -2.03. The highest BCUT2D eigenvalue weighted by molar-refractivity contribution is 5.52. The van der Waals surface area contributed by atoms with Crippen molar-refractivity contribution in [3.05, 3.63) is 42.0 Å². The summed E-state index contributed by atoms with van der Waals surface area (Å²) in [7, 11) is 1.82. The minimum Gasteiger partial charge on any atom is -0.440 e. The maximum Gasteiger partial charge on any atom is 0.226 e. The summed E-state index contributed by atoms with van der Waals surface area (Å²) in [6.45, 7) is 0.613. The standard InChI is InChI=1S/C11H11FN2O/c1-13-6-10-7-14-11(15-10)8-3-2-4-9(12)5-8/h2-5,7,13H,6H2,1H3. The first-order valence-corrected chi connectivity index (χ1v) is 4.65. The Labute approximate surface area is 86.9 Å². The zero-order chi connectivity index (χ0) is 10.7. The van der Waals surface area contributed by atoms with Crippen molar-refractivity contribution in [3.63, 3.8) is 0 Å². The molecule has 0 unspecified atom stereocenters. The molecule has 2 rings (SSSR count). The molecule has 0 saturated heterocycles. The van der Waals surface area contributed by atoms with E-state index in [0.717, 1.165) is 5.76 Å². The Morgan fingerprint density at radius 2 is 2.33 bits per heavy atom. The van der Waals surface area contributed by atoms with E-state index < -0.39 is 0 Å². The molecule has 0 atom stereocenters. The van der Waals surface area contributed by atoms with Crippen LogP contribution in [0.5, 0.6) is 0 Å². The number of nitrogens with one attached hydrogen (secondary N) is 1. The van der Waals surface area contributed by atoms with Crippen molar-refractivity contribution in [3.8, 4) is 11.5 Å². The first-order valence-electron chi connectivity index (χ1n) is 4.65. The van der Waals surface area contributed by atoms with Gasteiger partial charge in [0.15, 0.2) is 0 Å². The summed E-state index contributed by atoms with van der Waals surface area (Å²) < 4.78 is 18.4. The molecule has 0 bridgehead atoms. The predicted octanol–water partition coefficient (Wildman–Crippen LogP) is 2.20. The van der Waals surface area contributed by atoms with Crippen LogP contribution in [0.2, 0.25) is 0 Å². The Morgan fingerprint density at radius 1 is 1.47 bits per heavy atom. The number of hydrogen-bond acceptors (Lipinski definition) is 3. The number of hydrogen-bond donors (Lipinski definition) is 1. The van der Waals surface area contributed by atoms with Gasteiger partial charge in [-0.1, -0.05) is 6.07 Å². The van der Waals surface area contributed by atoms with Gasteiger partial charge >= 0.3 is 0 Å². The van der Waals surface area contributed by atoms with Crippen LogP contribution in [0.3, 0.4) is 0 Å². The number of aromatic nitrogens is 1. The van der Waals surface area contributed by atoms with E-state index in [4.69, 9.17) is 4.42 Å². The zero-order valence-electron chi connectivity index (χ0n) is 8.33. The summed E-state index contributed by atoms with van der Waals surface area (Å²) in [5.74, 6) is 0.886. The molecule has 1 heterocycles. The summed E-state index contributed by atoms with van der Waals surface area (Å²) in [5.41, 5.74) is 0.650. The van der Waals surface area contributed by atoms with Crippen LogP contribution >= 0.6 is 0 Å². The van der Waals surface area contributed by atoms with Gasteiger partial charge < -0.3 is 9.73 Å². The summed E-state index contributed by atoms with van der Waals surface area (Å²) in [6.07, 6.45) is 1.64. The average Bonchev–Trinajstić information content (AvgIpc) is 2.67. The van der Waals surface area contributed by atoms with Gasteiger partial charge in [0.25, 0.3) is 0 Å². The fourth-order valence-corrected chi connectivity index (χ4v) is 1.32. The van der Waals surface area contributed by atoms with E-state index >= 15 is 0 Å². The lowest BCUT2D eigenvalue weighted by atomic mass is 10.2. The molecular formula is C11H11FN2O. The highest BCUT2D eigenvalue weighted by Crippen LogP contribution is 2.19. The second-order valence-electron chi connectivity index (χ2n) is 3.17. The van der Waals surface area contributed by atoms with E-state index in [1.54, 1.807) is 18.3 Å². The highest BCUT2D eigenvalue weighted by Gasteiger charge is 2.06. The lowest BCUT2D eigenvalue weighted by molar-refractivity contribution is 0.503. The predicted molar refractivity (Wildman–Crippen MR) is 54.7 cm³/mol. The van der Waals surface area contributed by atoms with Crippen molar-refractivity contribution in [1.29, 1.82) is 0 Å². The average molecular weight is 206 g/mol. The SMILES string of the molecule is CNCc1cnc(-c2cccc(F)c2)o1. The maximum absolute atomic E-state index is 12.9. The van der Waals surface area contributed by atoms with E-state index in [1.807, 2.05) is 7.05 Å². The molecule has 1 N–H and O–H groups in total. The Hall–Kier alpha value is -1.68. The molecule has 0 aliphatic heterocycles.